The molecule has 36 heavy (non-hydrogen) atoms. The summed E-state index contributed by atoms with van der Waals surface area (Å²) in [4.78, 5) is 2.66. The van der Waals surface area contributed by atoms with Crippen molar-refractivity contribution >= 4 is 23.2 Å². The molecule has 0 spiro atoms. The predicted molar refractivity (Wildman–Crippen MR) is 175 cm³/mol. The van der Waals surface area contributed by atoms with Gasteiger partial charge in [-0.1, -0.05) is 103 Å². The van der Waals surface area contributed by atoms with Crippen molar-refractivity contribution in [2.24, 2.45) is 4.74 Å². The second kappa shape index (κ2) is 19.7. The highest BCUT2D eigenvalue weighted by Crippen LogP contribution is 2.59. The maximum atomic E-state index is 5.52. The van der Waals surface area contributed by atoms with E-state index in [4.69, 9.17) is 4.74 Å². The SMILES string of the molecule is CCCC=CP(=NCCN(CCNP(C(C)C)C(C)C)CCNP(C(C)C)C(C)C)(C(C)C)C(C)C. The van der Waals surface area contributed by atoms with Crippen molar-refractivity contribution in [1.82, 2.24) is 15.1 Å². The molecule has 7 heteroatoms. The third-order valence-corrected chi connectivity index (χ3v) is 17.2. The molecular weight excluding hydrogens is 497 g/mol. The Labute approximate surface area is 230 Å². The predicted octanol–water partition coefficient (Wildman–Crippen LogP) is 9.23. The van der Waals surface area contributed by atoms with Crippen LogP contribution in [0.25, 0.3) is 0 Å². The molecule has 0 atom stereocenters. The van der Waals surface area contributed by atoms with Crippen molar-refractivity contribution in [3.63, 3.8) is 0 Å². The van der Waals surface area contributed by atoms with Crippen LogP contribution in [0.1, 0.15) is 103 Å². The number of hydrogen-bond acceptors (Lipinski definition) is 4. The maximum absolute atomic E-state index is 5.52. The van der Waals surface area contributed by atoms with E-state index in [1.807, 2.05) is 0 Å². The molecule has 2 N–H and O–H groups in total. The van der Waals surface area contributed by atoms with Gasteiger partial charge < -0.3 is 0 Å². The van der Waals surface area contributed by atoms with Crippen LogP contribution < -0.4 is 10.2 Å². The Hall–Kier alpha value is 0.710. The van der Waals surface area contributed by atoms with Gasteiger partial charge in [0.25, 0.3) is 0 Å². The Balaban J connectivity index is 5.48. The van der Waals surface area contributed by atoms with Crippen LogP contribution in [-0.4, -0.2) is 78.1 Å². The molecule has 0 aromatic rings. The molecule has 216 valence electrons. The van der Waals surface area contributed by atoms with E-state index in [-0.39, 0.29) is 16.1 Å². The summed E-state index contributed by atoms with van der Waals surface area (Å²) in [7, 11) is -1.72. The van der Waals surface area contributed by atoms with Crippen LogP contribution in [0.4, 0.5) is 0 Å². The third kappa shape index (κ3) is 13.7. The highest BCUT2D eigenvalue weighted by molar-refractivity contribution is 7.70. The molecule has 0 aliphatic carbocycles. The Bertz CT molecular complexity index is 576. The zero-order valence-electron chi connectivity index (χ0n) is 26.5. The summed E-state index contributed by atoms with van der Waals surface area (Å²) in [5.74, 6) is 2.54. The quantitative estimate of drug-likeness (QED) is 0.145. The number of nitrogens with one attached hydrogen (secondary N) is 2. The molecule has 4 nitrogen and oxygen atoms in total. The lowest BCUT2D eigenvalue weighted by molar-refractivity contribution is 0.292. The molecule has 0 heterocycles. The fourth-order valence-electron chi connectivity index (χ4n) is 5.02. The molecule has 0 bridgehead atoms. The van der Waals surface area contributed by atoms with Gasteiger partial charge in [0.2, 0.25) is 0 Å². The molecule has 0 radical (unpaired) electrons. The summed E-state index contributed by atoms with van der Waals surface area (Å²) in [5.41, 5.74) is 4.13. The van der Waals surface area contributed by atoms with E-state index in [2.05, 4.69) is 117 Å². The summed E-state index contributed by atoms with van der Waals surface area (Å²) in [6, 6.07) is 0. The molecule has 0 unspecified atom stereocenters. The van der Waals surface area contributed by atoms with Crippen LogP contribution in [0.3, 0.4) is 0 Å². The molecule has 0 saturated carbocycles. The third-order valence-electron chi connectivity index (χ3n) is 6.89. The van der Waals surface area contributed by atoms with Gasteiger partial charge in [-0.15, -0.1) is 0 Å². The number of rotatable bonds is 20. The monoisotopic (exact) mass is 562 g/mol. The minimum atomic E-state index is -1.47. The molecular formula is C29H65N4P3. The Morgan fingerprint density at radius 2 is 1.11 bits per heavy atom. The molecule has 0 aromatic heterocycles. The van der Waals surface area contributed by atoms with Gasteiger partial charge in [0.1, 0.15) is 0 Å². The summed E-state index contributed by atoms with van der Waals surface area (Å²) in [6.07, 6.45) is 4.80. The van der Waals surface area contributed by atoms with Crippen LogP contribution in [0.15, 0.2) is 16.6 Å². The van der Waals surface area contributed by atoms with Gasteiger partial charge >= 0.3 is 0 Å². The van der Waals surface area contributed by atoms with Crippen molar-refractivity contribution in [3.8, 4) is 0 Å². The normalized spacial score (nSPS) is 13.6. The minimum Gasteiger partial charge on any atom is -0.299 e. The highest BCUT2D eigenvalue weighted by Gasteiger charge is 2.25. The van der Waals surface area contributed by atoms with E-state index in [0.717, 1.165) is 61.9 Å². The summed E-state index contributed by atoms with van der Waals surface area (Å²) in [6.45, 7) is 37.2. The summed E-state index contributed by atoms with van der Waals surface area (Å²) >= 11 is 0. The number of nitrogens with zero attached hydrogens (tertiary/aromatic N) is 2. The molecule has 0 aliphatic rings. The lowest BCUT2D eigenvalue weighted by atomic mass is 10.3. The van der Waals surface area contributed by atoms with Gasteiger partial charge in [-0.2, -0.15) is 0 Å². The van der Waals surface area contributed by atoms with Crippen LogP contribution in [0.2, 0.25) is 0 Å². The van der Waals surface area contributed by atoms with Gasteiger partial charge in [0.15, 0.2) is 0 Å². The van der Waals surface area contributed by atoms with Crippen molar-refractivity contribution in [2.45, 2.75) is 137 Å². The number of unbranched alkanes of at least 4 members (excludes halogenated alkanes) is 1. The second-order valence-corrected chi connectivity index (χ2v) is 22.5. The standard InChI is InChI=1S/C29H65N4P3/c1-14-15-16-23-36(28(10)11,29(12)13)32-19-22-33(20-17-30-34(24(2)3)25(4)5)21-18-31-35(26(6)7)27(8)9/h16,23-31H,14-15,17-22H2,1-13H3. The highest BCUT2D eigenvalue weighted by atomic mass is 31.2. The molecule has 0 aromatic carbocycles. The van der Waals surface area contributed by atoms with E-state index < -0.39 is 7.05 Å². The van der Waals surface area contributed by atoms with E-state index in [9.17, 15) is 0 Å². The number of allylic oxidation sites excluding steroid dienone is 1. The molecule has 0 rings (SSSR count). The Kier molecular flexibility index (Phi) is 20.1. The van der Waals surface area contributed by atoms with Crippen molar-refractivity contribution in [3.05, 3.63) is 11.9 Å². The zero-order valence-corrected chi connectivity index (χ0v) is 29.2. The average molecular weight is 563 g/mol. The fourth-order valence-corrected chi connectivity index (χ4v) is 13.1. The van der Waals surface area contributed by atoms with E-state index in [1.54, 1.807) is 0 Å². The molecule has 0 saturated heterocycles. The fraction of sp³-hybridized carbons (Fsp3) is 0.931. The van der Waals surface area contributed by atoms with E-state index in [1.165, 1.54) is 12.8 Å². The van der Waals surface area contributed by atoms with Gasteiger partial charge in [-0.3, -0.25) is 19.8 Å². The number of hydrogen-bond donors (Lipinski definition) is 2. The van der Waals surface area contributed by atoms with E-state index >= 15 is 0 Å². The average Bonchev–Trinajstić information content (AvgIpc) is 2.76. The first-order valence-corrected chi connectivity index (χ1v) is 19.7. The van der Waals surface area contributed by atoms with Crippen molar-refractivity contribution in [1.29, 1.82) is 0 Å². The van der Waals surface area contributed by atoms with Crippen LogP contribution in [0, 0.1) is 0 Å². The zero-order chi connectivity index (χ0) is 27.9. The van der Waals surface area contributed by atoms with Gasteiger partial charge in [-0.05, 0) is 69.4 Å². The lowest BCUT2D eigenvalue weighted by Gasteiger charge is -2.32. The Morgan fingerprint density at radius 1 is 0.694 bits per heavy atom. The minimum absolute atomic E-state index is 0.123. The van der Waals surface area contributed by atoms with Crippen LogP contribution in [-0.2, 0) is 0 Å². The summed E-state index contributed by atoms with van der Waals surface area (Å²) < 4.78 is 5.52. The van der Waals surface area contributed by atoms with Crippen molar-refractivity contribution < 1.29 is 0 Å². The molecule has 0 amide bonds. The van der Waals surface area contributed by atoms with Gasteiger partial charge in [-0.25, -0.2) is 0 Å². The Morgan fingerprint density at radius 3 is 1.44 bits per heavy atom. The van der Waals surface area contributed by atoms with Gasteiger partial charge in [0.05, 0.1) is 6.54 Å². The molecule has 0 aliphatic heterocycles. The van der Waals surface area contributed by atoms with Crippen molar-refractivity contribution in [2.75, 3.05) is 39.3 Å². The first-order chi connectivity index (χ1) is 16.8. The van der Waals surface area contributed by atoms with Crippen LogP contribution in [0.5, 0.6) is 0 Å². The molecule has 0 fully saturated rings. The van der Waals surface area contributed by atoms with E-state index in [0.29, 0.717) is 11.3 Å². The maximum Gasteiger partial charge on any atom is 0.0505 e. The second-order valence-electron chi connectivity index (χ2n) is 11.9. The largest absolute Gasteiger partial charge is 0.299 e. The topological polar surface area (TPSA) is 39.7 Å². The smallest absolute Gasteiger partial charge is 0.0505 e. The first-order valence-electron chi connectivity index (χ1n) is 14.8. The lowest BCUT2D eigenvalue weighted by Crippen LogP contribution is -2.38. The van der Waals surface area contributed by atoms with Crippen LogP contribution >= 0.6 is 23.2 Å². The first kappa shape index (κ1) is 36.7. The van der Waals surface area contributed by atoms with Gasteiger partial charge in [0, 0.05) is 32.7 Å². The summed E-state index contributed by atoms with van der Waals surface area (Å²) in [5, 5.41) is 7.87.